The first kappa shape index (κ1) is 24.5. The van der Waals surface area contributed by atoms with Gasteiger partial charge in [0.1, 0.15) is 5.60 Å². The first-order valence-corrected chi connectivity index (χ1v) is 12.3. The number of hydrogen-bond donors (Lipinski definition) is 0. The number of amides is 1. The fraction of sp³-hybridized carbons (Fsp3) is 0.414. The summed E-state index contributed by atoms with van der Waals surface area (Å²) in [5.41, 5.74) is 5.22. The smallest absolute Gasteiger partial charge is 0.410 e. The van der Waals surface area contributed by atoms with Crippen molar-refractivity contribution in [2.45, 2.75) is 59.0 Å². The highest BCUT2D eigenvalue weighted by atomic mass is 16.6. The summed E-state index contributed by atoms with van der Waals surface area (Å²) >= 11 is 0. The number of carbonyl (C=O) groups excluding carboxylic acids is 1. The lowest BCUT2D eigenvalue weighted by atomic mass is 9.91. The second-order valence-corrected chi connectivity index (χ2v) is 10.3. The summed E-state index contributed by atoms with van der Waals surface area (Å²) in [5, 5.41) is 14.4. The van der Waals surface area contributed by atoms with Crippen molar-refractivity contribution in [3.05, 3.63) is 64.3 Å². The summed E-state index contributed by atoms with van der Waals surface area (Å²) in [4.78, 5) is 14.1. The number of nitrogens with zero attached hydrogens (tertiary/aromatic N) is 3. The number of ether oxygens (including phenoxy) is 1. The van der Waals surface area contributed by atoms with E-state index in [1.807, 2.05) is 56.0 Å². The lowest BCUT2D eigenvalue weighted by Crippen LogP contribution is -2.41. The number of fused-ring (bicyclic) bond motifs is 1. The van der Waals surface area contributed by atoms with Crippen LogP contribution in [0, 0.1) is 24.2 Å². The van der Waals surface area contributed by atoms with E-state index in [0.29, 0.717) is 11.5 Å². The number of carbonyl (C=O) groups is 1. The Labute approximate surface area is 207 Å². The van der Waals surface area contributed by atoms with Crippen LogP contribution >= 0.6 is 0 Å². The van der Waals surface area contributed by atoms with Gasteiger partial charge in [-0.2, -0.15) is 5.26 Å². The zero-order chi connectivity index (χ0) is 25.0. The van der Waals surface area contributed by atoms with Crippen LogP contribution in [0.1, 0.15) is 68.0 Å². The maximum absolute atomic E-state index is 12.3. The molecule has 1 aromatic heterocycles. The highest BCUT2D eigenvalue weighted by Gasteiger charge is 2.27. The average Bonchev–Trinajstić information content (AvgIpc) is 3.26. The molecule has 0 radical (unpaired) electrons. The third kappa shape index (κ3) is 6.10. The monoisotopic (exact) mass is 471 g/mol. The molecule has 1 amide bonds. The predicted octanol–water partition coefficient (Wildman–Crippen LogP) is 6.76. The Balaban J connectivity index is 1.35. The van der Waals surface area contributed by atoms with E-state index in [4.69, 9.17) is 14.5 Å². The molecule has 0 atom stereocenters. The molecule has 3 aromatic rings. The van der Waals surface area contributed by atoms with E-state index in [1.165, 1.54) is 0 Å². The molecular formula is C29H33N3O3. The molecule has 4 rings (SSSR count). The van der Waals surface area contributed by atoms with Crippen molar-refractivity contribution >= 4 is 29.2 Å². The largest absolute Gasteiger partial charge is 0.444 e. The van der Waals surface area contributed by atoms with E-state index >= 15 is 0 Å². The Kier molecular flexibility index (Phi) is 7.25. The summed E-state index contributed by atoms with van der Waals surface area (Å²) < 4.78 is 11.2. The molecule has 6 heteroatoms. The van der Waals surface area contributed by atoms with Gasteiger partial charge >= 0.3 is 6.09 Å². The van der Waals surface area contributed by atoms with Crippen LogP contribution in [0.4, 0.5) is 4.79 Å². The lowest BCUT2D eigenvalue weighted by molar-refractivity contribution is 0.0181. The quantitative estimate of drug-likeness (QED) is 0.384. The van der Waals surface area contributed by atoms with Crippen molar-refractivity contribution in [2.75, 3.05) is 13.1 Å². The summed E-state index contributed by atoms with van der Waals surface area (Å²) in [6, 6.07) is 13.9. The van der Waals surface area contributed by atoms with Crippen LogP contribution in [0.3, 0.4) is 0 Å². The molecule has 182 valence electrons. The molecule has 1 fully saturated rings. The van der Waals surface area contributed by atoms with Crippen LogP contribution in [0.2, 0.25) is 0 Å². The van der Waals surface area contributed by atoms with Crippen molar-refractivity contribution in [2.24, 2.45) is 5.92 Å². The normalized spacial score (nSPS) is 15.0. The summed E-state index contributed by atoms with van der Waals surface area (Å²) in [6.07, 6.45) is 7.76. The summed E-state index contributed by atoms with van der Waals surface area (Å²) in [7, 11) is 0. The molecule has 1 aliphatic heterocycles. The molecular weight excluding hydrogens is 438 g/mol. The summed E-state index contributed by atoms with van der Waals surface area (Å²) in [6.45, 7) is 9.24. The van der Waals surface area contributed by atoms with Crippen molar-refractivity contribution in [3.63, 3.8) is 0 Å². The van der Waals surface area contributed by atoms with E-state index in [1.54, 1.807) is 0 Å². The Morgan fingerprint density at radius 2 is 1.89 bits per heavy atom. The minimum atomic E-state index is -0.459. The van der Waals surface area contributed by atoms with Gasteiger partial charge in [-0.05, 0) is 88.6 Å². The minimum absolute atomic E-state index is 0.210. The highest BCUT2D eigenvalue weighted by molar-refractivity contribution is 5.87. The predicted molar refractivity (Wildman–Crippen MR) is 138 cm³/mol. The van der Waals surface area contributed by atoms with Gasteiger partial charge in [-0.3, -0.25) is 0 Å². The average molecular weight is 472 g/mol. The third-order valence-electron chi connectivity index (χ3n) is 6.56. The van der Waals surface area contributed by atoms with Gasteiger partial charge in [0, 0.05) is 24.0 Å². The minimum Gasteiger partial charge on any atom is -0.444 e. The third-order valence-corrected chi connectivity index (χ3v) is 6.56. The highest BCUT2D eigenvalue weighted by Crippen LogP contribution is 2.29. The molecule has 0 spiro atoms. The standard InChI is InChI=1S/C29H33N3O3/c1-20-24(11-9-21-5-7-23(19-30)8-6-21)12-13-25-26(31-35-27(20)25)14-10-22-15-17-32(18-16-22)28(33)34-29(2,3)4/h5-9,11-13,22H,10,14-18H2,1-4H3. The van der Waals surface area contributed by atoms with Crippen LogP contribution in [0.15, 0.2) is 40.9 Å². The number of aryl methyl sites for hydroxylation is 2. The molecule has 1 saturated heterocycles. The zero-order valence-corrected chi connectivity index (χ0v) is 21.0. The molecule has 6 nitrogen and oxygen atoms in total. The Hall–Kier alpha value is -3.59. The van der Waals surface area contributed by atoms with Gasteiger partial charge in [-0.25, -0.2) is 4.79 Å². The van der Waals surface area contributed by atoms with Crippen LogP contribution < -0.4 is 0 Å². The van der Waals surface area contributed by atoms with Gasteiger partial charge in [0.05, 0.1) is 17.3 Å². The first-order valence-electron chi connectivity index (χ1n) is 12.3. The van der Waals surface area contributed by atoms with Gasteiger partial charge in [0.25, 0.3) is 0 Å². The molecule has 0 N–H and O–H groups in total. The van der Waals surface area contributed by atoms with Gasteiger partial charge in [0.15, 0.2) is 5.58 Å². The number of rotatable bonds is 5. The molecule has 35 heavy (non-hydrogen) atoms. The second-order valence-electron chi connectivity index (χ2n) is 10.3. The van der Waals surface area contributed by atoms with Crippen molar-refractivity contribution in [1.29, 1.82) is 5.26 Å². The van der Waals surface area contributed by atoms with Crippen LogP contribution in [0.5, 0.6) is 0 Å². The van der Waals surface area contributed by atoms with Crippen LogP contribution in [-0.2, 0) is 11.2 Å². The fourth-order valence-corrected chi connectivity index (χ4v) is 4.49. The van der Waals surface area contributed by atoms with Crippen molar-refractivity contribution in [1.82, 2.24) is 10.1 Å². The van der Waals surface area contributed by atoms with Crippen molar-refractivity contribution in [3.8, 4) is 6.07 Å². The van der Waals surface area contributed by atoms with E-state index in [9.17, 15) is 4.79 Å². The number of nitriles is 1. The van der Waals surface area contributed by atoms with Gasteiger partial charge in [-0.15, -0.1) is 0 Å². The van der Waals surface area contributed by atoms with Gasteiger partial charge in [-0.1, -0.05) is 35.5 Å². The molecule has 0 saturated carbocycles. The maximum Gasteiger partial charge on any atom is 0.410 e. The number of aromatic nitrogens is 1. The zero-order valence-electron chi connectivity index (χ0n) is 21.0. The summed E-state index contributed by atoms with van der Waals surface area (Å²) in [5.74, 6) is 0.566. The number of hydrogen-bond acceptors (Lipinski definition) is 5. The van der Waals surface area contributed by atoms with E-state index < -0.39 is 5.60 Å². The number of benzene rings is 2. The van der Waals surface area contributed by atoms with Crippen molar-refractivity contribution < 1.29 is 14.1 Å². The van der Waals surface area contributed by atoms with Crippen LogP contribution in [0.25, 0.3) is 23.1 Å². The number of piperidine rings is 1. The molecule has 2 aromatic carbocycles. The van der Waals surface area contributed by atoms with E-state index in [-0.39, 0.29) is 6.09 Å². The lowest BCUT2D eigenvalue weighted by Gasteiger charge is -2.33. The molecule has 0 aliphatic carbocycles. The van der Waals surface area contributed by atoms with Crippen LogP contribution in [-0.4, -0.2) is 34.8 Å². The van der Waals surface area contributed by atoms with Gasteiger partial charge < -0.3 is 14.2 Å². The fourth-order valence-electron chi connectivity index (χ4n) is 4.49. The maximum atomic E-state index is 12.3. The Morgan fingerprint density at radius 3 is 2.54 bits per heavy atom. The molecule has 1 aliphatic rings. The molecule has 0 unspecified atom stereocenters. The topological polar surface area (TPSA) is 79.4 Å². The number of likely N-dealkylation sites (tertiary alicyclic amines) is 1. The van der Waals surface area contributed by atoms with E-state index in [2.05, 4.69) is 36.4 Å². The first-order chi connectivity index (χ1) is 16.7. The second kappa shape index (κ2) is 10.4. The molecule has 0 bridgehead atoms. The molecule has 2 heterocycles. The SMILES string of the molecule is Cc1c(C=Cc2ccc(C#N)cc2)ccc2c(CCC3CCN(C(=O)OC(C)(C)C)CC3)noc12. The van der Waals surface area contributed by atoms with E-state index in [0.717, 1.165) is 72.1 Å². The Bertz CT molecular complexity index is 1250. The Morgan fingerprint density at radius 1 is 1.17 bits per heavy atom. The van der Waals surface area contributed by atoms with Gasteiger partial charge in [0.2, 0.25) is 0 Å².